The molecule has 0 saturated carbocycles. The Balaban J connectivity index is 1.79. The van der Waals surface area contributed by atoms with Crippen molar-refractivity contribution in [2.45, 2.75) is 39.9 Å². The maximum absolute atomic E-state index is 12.4. The number of rotatable bonds is 11. The summed E-state index contributed by atoms with van der Waals surface area (Å²) in [6.07, 6.45) is -2.64. The summed E-state index contributed by atoms with van der Waals surface area (Å²) in [6, 6.07) is 11.7. The van der Waals surface area contributed by atoms with E-state index >= 15 is 0 Å². The molecule has 12 nitrogen and oxygen atoms in total. The molecule has 2 aromatic carbocycles. The number of ether oxygens (including phenoxy) is 6. The lowest BCUT2D eigenvalue weighted by Crippen LogP contribution is -2.30. The van der Waals surface area contributed by atoms with Gasteiger partial charge in [-0.3, -0.25) is 9.59 Å². The van der Waals surface area contributed by atoms with Crippen LogP contribution >= 0.6 is 0 Å². The summed E-state index contributed by atoms with van der Waals surface area (Å²) in [7, 11) is 0. The highest BCUT2D eigenvalue weighted by Gasteiger charge is 2.25. The van der Waals surface area contributed by atoms with Gasteiger partial charge >= 0.3 is 35.8 Å². The van der Waals surface area contributed by atoms with E-state index < -0.39 is 48.0 Å². The predicted molar refractivity (Wildman–Crippen MR) is 127 cm³/mol. The van der Waals surface area contributed by atoms with Gasteiger partial charge in [0.1, 0.15) is 35.8 Å². The molecule has 0 amide bonds. The van der Waals surface area contributed by atoms with Crippen LogP contribution in [0.1, 0.15) is 48.4 Å². The summed E-state index contributed by atoms with van der Waals surface area (Å²) in [6.45, 7) is 4.15. The van der Waals surface area contributed by atoms with Crippen LogP contribution in [0, 0.1) is 0 Å². The minimum Gasteiger partial charge on any atom is -0.459 e. The van der Waals surface area contributed by atoms with Crippen molar-refractivity contribution in [3.63, 3.8) is 0 Å². The molecule has 0 aliphatic heterocycles. The summed E-state index contributed by atoms with van der Waals surface area (Å²) in [5.41, 5.74) is -0.120. The standard InChI is InChI=1S/C26H26O12/c1-15(35-25(31)19-9-5-7-11-21(19)37-17(3)27)23(29)33-13-14-34-24(30)16(2)36-26(32)20-10-6-8-12-22(20)38-18(4)28/h5-12,15-16H,13-14H2,1-4H3/t15-,16-/m1/s1. The fourth-order valence-corrected chi connectivity index (χ4v) is 2.82. The van der Waals surface area contributed by atoms with Crippen molar-refractivity contribution in [1.29, 1.82) is 0 Å². The highest BCUT2D eigenvalue weighted by molar-refractivity contribution is 5.95. The van der Waals surface area contributed by atoms with Gasteiger partial charge in [-0.15, -0.1) is 0 Å². The first-order valence-corrected chi connectivity index (χ1v) is 11.3. The lowest BCUT2D eigenvalue weighted by molar-refractivity contribution is -0.161. The van der Waals surface area contributed by atoms with Crippen molar-refractivity contribution in [2.24, 2.45) is 0 Å². The van der Waals surface area contributed by atoms with Gasteiger partial charge in [-0.05, 0) is 38.1 Å². The molecule has 12 heteroatoms. The molecule has 0 aromatic heterocycles. The van der Waals surface area contributed by atoms with Crippen molar-refractivity contribution in [1.82, 2.24) is 0 Å². The Morgan fingerprint density at radius 1 is 0.605 bits per heavy atom. The van der Waals surface area contributed by atoms with E-state index in [2.05, 4.69) is 0 Å². The largest absolute Gasteiger partial charge is 0.459 e. The first-order valence-electron chi connectivity index (χ1n) is 11.3. The van der Waals surface area contributed by atoms with Gasteiger partial charge in [0.25, 0.3) is 0 Å². The van der Waals surface area contributed by atoms with E-state index in [1.165, 1.54) is 64.1 Å². The summed E-state index contributed by atoms with van der Waals surface area (Å²) >= 11 is 0. The second-order valence-corrected chi connectivity index (χ2v) is 7.61. The number of hydrogen-bond donors (Lipinski definition) is 0. The van der Waals surface area contributed by atoms with E-state index in [0.29, 0.717) is 0 Å². The molecule has 0 unspecified atom stereocenters. The van der Waals surface area contributed by atoms with Gasteiger partial charge in [0.15, 0.2) is 12.2 Å². The van der Waals surface area contributed by atoms with Crippen LogP contribution in [0.5, 0.6) is 11.5 Å². The molecule has 0 aliphatic rings. The third kappa shape index (κ3) is 9.04. The van der Waals surface area contributed by atoms with Crippen molar-refractivity contribution in [2.75, 3.05) is 13.2 Å². The van der Waals surface area contributed by atoms with Crippen molar-refractivity contribution in [3.8, 4) is 11.5 Å². The van der Waals surface area contributed by atoms with Crippen LogP contribution in [0.3, 0.4) is 0 Å². The summed E-state index contributed by atoms with van der Waals surface area (Å²) < 4.78 is 29.9. The predicted octanol–water partition coefficient (Wildman–Crippen LogP) is 2.41. The van der Waals surface area contributed by atoms with E-state index in [-0.39, 0.29) is 35.8 Å². The number of hydrogen-bond acceptors (Lipinski definition) is 12. The Hall–Kier alpha value is -4.74. The fourth-order valence-electron chi connectivity index (χ4n) is 2.82. The van der Waals surface area contributed by atoms with E-state index in [1.807, 2.05) is 0 Å². The Morgan fingerprint density at radius 3 is 1.29 bits per heavy atom. The molecule has 38 heavy (non-hydrogen) atoms. The van der Waals surface area contributed by atoms with Gasteiger partial charge in [-0.1, -0.05) is 24.3 Å². The van der Waals surface area contributed by atoms with E-state index in [4.69, 9.17) is 28.4 Å². The third-order valence-electron chi connectivity index (χ3n) is 4.52. The third-order valence-corrected chi connectivity index (χ3v) is 4.52. The van der Waals surface area contributed by atoms with Gasteiger partial charge in [-0.2, -0.15) is 0 Å². The molecular formula is C26H26O12. The maximum atomic E-state index is 12.4. The number of para-hydroxylation sites is 2. The summed E-state index contributed by atoms with van der Waals surface area (Å²) in [5.74, 6) is -4.98. The molecule has 2 aromatic rings. The Bertz CT molecular complexity index is 1110. The molecule has 0 heterocycles. The first-order chi connectivity index (χ1) is 18.0. The molecule has 202 valence electrons. The molecule has 0 fully saturated rings. The molecule has 0 radical (unpaired) electrons. The smallest absolute Gasteiger partial charge is 0.347 e. The van der Waals surface area contributed by atoms with Gasteiger partial charge in [0, 0.05) is 13.8 Å². The Labute approximate surface area is 217 Å². The van der Waals surface area contributed by atoms with Crippen LogP contribution in [-0.2, 0) is 38.1 Å². The summed E-state index contributed by atoms with van der Waals surface area (Å²) in [4.78, 5) is 71.4. The van der Waals surface area contributed by atoms with E-state index in [0.717, 1.165) is 0 Å². The molecule has 0 N–H and O–H groups in total. The number of carbonyl (C=O) groups is 6. The second kappa shape index (κ2) is 14.1. The van der Waals surface area contributed by atoms with Crippen molar-refractivity contribution >= 4 is 35.8 Å². The van der Waals surface area contributed by atoms with Gasteiger partial charge in [-0.25, -0.2) is 19.2 Å². The van der Waals surface area contributed by atoms with Gasteiger partial charge in [0.05, 0.1) is 0 Å². The summed E-state index contributed by atoms with van der Waals surface area (Å²) in [5, 5.41) is 0. The van der Waals surface area contributed by atoms with Crippen LogP contribution in [0.15, 0.2) is 48.5 Å². The molecule has 0 saturated heterocycles. The Morgan fingerprint density at radius 2 is 0.947 bits per heavy atom. The zero-order valence-electron chi connectivity index (χ0n) is 21.1. The zero-order chi connectivity index (χ0) is 28.2. The maximum Gasteiger partial charge on any atom is 0.347 e. The first kappa shape index (κ1) is 29.5. The average molecular weight is 530 g/mol. The van der Waals surface area contributed by atoms with Crippen molar-refractivity contribution in [3.05, 3.63) is 59.7 Å². The normalized spacial score (nSPS) is 11.8. The topological polar surface area (TPSA) is 158 Å². The fraction of sp³-hybridized carbons (Fsp3) is 0.308. The number of carbonyl (C=O) groups excluding carboxylic acids is 6. The monoisotopic (exact) mass is 530 g/mol. The highest BCUT2D eigenvalue weighted by Crippen LogP contribution is 2.21. The van der Waals surface area contributed by atoms with Crippen LogP contribution < -0.4 is 9.47 Å². The minimum atomic E-state index is -1.32. The molecular weight excluding hydrogens is 504 g/mol. The highest BCUT2D eigenvalue weighted by atomic mass is 16.6. The van der Waals surface area contributed by atoms with Crippen LogP contribution in [-0.4, -0.2) is 61.2 Å². The molecule has 0 aliphatic carbocycles. The van der Waals surface area contributed by atoms with E-state index in [1.54, 1.807) is 12.1 Å². The number of esters is 6. The second-order valence-electron chi connectivity index (χ2n) is 7.61. The quantitative estimate of drug-likeness (QED) is 0.181. The number of benzene rings is 2. The zero-order valence-corrected chi connectivity index (χ0v) is 21.1. The lowest BCUT2D eigenvalue weighted by Gasteiger charge is -2.15. The van der Waals surface area contributed by atoms with Crippen molar-refractivity contribution < 1.29 is 57.2 Å². The molecule has 0 spiro atoms. The average Bonchev–Trinajstić information content (AvgIpc) is 2.86. The van der Waals surface area contributed by atoms with E-state index in [9.17, 15) is 28.8 Å². The van der Waals surface area contributed by atoms with Crippen LogP contribution in [0.4, 0.5) is 0 Å². The van der Waals surface area contributed by atoms with Crippen LogP contribution in [0.25, 0.3) is 0 Å². The molecule has 2 rings (SSSR count). The lowest BCUT2D eigenvalue weighted by atomic mass is 10.2. The molecule has 0 bridgehead atoms. The Kier molecular flexibility index (Phi) is 11.0. The molecule has 2 atom stereocenters. The van der Waals surface area contributed by atoms with Gasteiger partial charge < -0.3 is 28.4 Å². The SMILES string of the molecule is CC(=O)Oc1ccccc1C(=O)O[C@H](C)C(=O)OCCOC(=O)[C@@H](C)OC(=O)c1ccccc1OC(C)=O. The van der Waals surface area contributed by atoms with Gasteiger partial charge in [0.2, 0.25) is 0 Å². The van der Waals surface area contributed by atoms with Crippen LogP contribution in [0.2, 0.25) is 0 Å². The minimum absolute atomic E-state index is 0.0258.